The maximum Gasteiger partial charge on any atom is 0.250 e. The highest BCUT2D eigenvalue weighted by Gasteiger charge is 2.04. The van der Waals surface area contributed by atoms with Crippen LogP contribution in [0.3, 0.4) is 0 Å². The third-order valence-electron chi connectivity index (χ3n) is 3.37. The molecule has 1 amide bonds. The lowest BCUT2D eigenvalue weighted by Crippen LogP contribution is -2.31. The van der Waals surface area contributed by atoms with Crippen LogP contribution >= 0.6 is 0 Å². The van der Waals surface area contributed by atoms with Crippen molar-refractivity contribution in [1.82, 2.24) is 14.9 Å². The monoisotopic (exact) mass is 293 g/mol. The van der Waals surface area contributed by atoms with Crippen LogP contribution in [0.5, 0.6) is 0 Å². The molecule has 110 valence electrons. The van der Waals surface area contributed by atoms with Crippen molar-refractivity contribution in [3.8, 4) is 0 Å². The average Bonchev–Trinajstić information content (AvgIpc) is 2.55. The van der Waals surface area contributed by atoms with E-state index in [4.69, 9.17) is 0 Å². The predicted octanol–water partition coefficient (Wildman–Crippen LogP) is 1.71. The Hall–Kier alpha value is -2.95. The van der Waals surface area contributed by atoms with Crippen molar-refractivity contribution < 1.29 is 4.79 Å². The third-order valence-corrected chi connectivity index (χ3v) is 3.37. The van der Waals surface area contributed by atoms with E-state index in [1.54, 1.807) is 24.5 Å². The Kier molecular flexibility index (Phi) is 3.96. The van der Waals surface area contributed by atoms with E-state index in [0.29, 0.717) is 6.54 Å². The van der Waals surface area contributed by atoms with E-state index in [-0.39, 0.29) is 18.0 Å². The molecule has 0 aliphatic rings. The number of pyridine rings is 2. The number of nitrogens with one attached hydrogen (secondary N) is 1. The van der Waals surface area contributed by atoms with Crippen LogP contribution < -0.4 is 10.9 Å². The minimum absolute atomic E-state index is 0.0226. The number of benzene rings is 1. The number of carbonyl (C=O) groups excluding carboxylic acids is 1. The van der Waals surface area contributed by atoms with Crippen molar-refractivity contribution in [1.29, 1.82) is 0 Å². The third kappa shape index (κ3) is 3.20. The number of hydrogen-bond acceptors (Lipinski definition) is 3. The van der Waals surface area contributed by atoms with Crippen molar-refractivity contribution >= 4 is 16.8 Å². The Morgan fingerprint density at radius 2 is 2.05 bits per heavy atom. The molecule has 0 aliphatic heterocycles. The number of carbonyl (C=O) groups is 1. The first-order valence-corrected chi connectivity index (χ1v) is 6.98. The first-order chi connectivity index (χ1) is 10.7. The molecule has 2 heterocycles. The Balaban J connectivity index is 1.65. The standard InChI is InChI=1S/C17H15N3O2/c21-16(12-20-9-2-1-5-17(20)22)19-11-13-6-7-15-14(10-13)4-3-8-18-15/h1-10H,11-12H2,(H,19,21). The summed E-state index contributed by atoms with van der Waals surface area (Å²) in [5.41, 5.74) is 1.73. The molecule has 0 spiro atoms. The fourth-order valence-corrected chi connectivity index (χ4v) is 2.24. The summed E-state index contributed by atoms with van der Waals surface area (Å²) in [7, 11) is 0. The van der Waals surface area contributed by atoms with Gasteiger partial charge < -0.3 is 9.88 Å². The first kappa shape index (κ1) is 14.0. The van der Waals surface area contributed by atoms with E-state index in [0.717, 1.165) is 16.5 Å². The molecule has 0 atom stereocenters. The lowest BCUT2D eigenvalue weighted by atomic mass is 10.1. The van der Waals surface area contributed by atoms with Gasteiger partial charge in [0.05, 0.1) is 5.52 Å². The summed E-state index contributed by atoms with van der Waals surface area (Å²) in [6, 6.07) is 14.5. The van der Waals surface area contributed by atoms with Crippen LogP contribution in [0, 0.1) is 0 Å². The zero-order valence-electron chi connectivity index (χ0n) is 11.9. The molecular formula is C17H15N3O2. The number of fused-ring (bicyclic) bond motifs is 1. The van der Waals surface area contributed by atoms with Crippen LogP contribution in [-0.4, -0.2) is 15.5 Å². The van der Waals surface area contributed by atoms with Gasteiger partial charge in [0, 0.05) is 30.4 Å². The largest absolute Gasteiger partial charge is 0.350 e. The van der Waals surface area contributed by atoms with Crippen LogP contribution in [0.1, 0.15) is 5.56 Å². The highest BCUT2D eigenvalue weighted by molar-refractivity contribution is 5.79. The zero-order valence-corrected chi connectivity index (χ0v) is 11.9. The van der Waals surface area contributed by atoms with Crippen LogP contribution in [0.25, 0.3) is 10.9 Å². The SMILES string of the molecule is O=C(Cn1ccccc1=O)NCc1ccc2ncccc2c1. The van der Waals surface area contributed by atoms with E-state index >= 15 is 0 Å². The molecule has 0 fully saturated rings. The van der Waals surface area contributed by atoms with Gasteiger partial charge in [0.2, 0.25) is 5.91 Å². The summed E-state index contributed by atoms with van der Waals surface area (Å²) in [5, 5.41) is 3.86. The van der Waals surface area contributed by atoms with Crippen molar-refractivity contribution in [3.05, 3.63) is 76.8 Å². The molecule has 2 aromatic heterocycles. The lowest BCUT2D eigenvalue weighted by molar-refractivity contribution is -0.121. The Morgan fingerprint density at radius 3 is 2.91 bits per heavy atom. The number of amides is 1. The molecule has 1 aromatic carbocycles. The molecule has 0 saturated heterocycles. The van der Waals surface area contributed by atoms with Crippen molar-refractivity contribution in [2.75, 3.05) is 0 Å². The number of nitrogens with zero attached hydrogens (tertiary/aromatic N) is 2. The van der Waals surface area contributed by atoms with Gasteiger partial charge >= 0.3 is 0 Å². The normalized spacial score (nSPS) is 10.5. The van der Waals surface area contributed by atoms with Gasteiger partial charge in [0.1, 0.15) is 6.54 Å². The molecule has 22 heavy (non-hydrogen) atoms. The summed E-state index contributed by atoms with van der Waals surface area (Å²) in [4.78, 5) is 27.7. The number of rotatable bonds is 4. The van der Waals surface area contributed by atoms with Gasteiger partial charge in [0.15, 0.2) is 0 Å². The van der Waals surface area contributed by atoms with Crippen molar-refractivity contribution in [2.45, 2.75) is 13.1 Å². The van der Waals surface area contributed by atoms with Gasteiger partial charge in [-0.05, 0) is 29.8 Å². The van der Waals surface area contributed by atoms with Gasteiger partial charge in [-0.25, -0.2) is 0 Å². The van der Waals surface area contributed by atoms with Gasteiger partial charge in [-0.2, -0.15) is 0 Å². The minimum atomic E-state index is -0.195. The van der Waals surface area contributed by atoms with E-state index in [1.807, 2.05) is 30.3 Å². The van der Waals surface area contributed by atoms with Crippen molar-refractivity contribution in [2.24, 2.45) is 0 Å². The van der Waals surface area contributed by atoms with E-state index < -0.39 is 0 Å². The lowest BCUT2D eigenvalue weighted by Gasteiger charge is -2.08. The first-order valence-electron chi connectivity index (χ1n) is 6.98. The Morgan fingerprint density at radius 1 is 1.14 bits per heavy atom. The summed E-state index contributed by atoms with van der Waals surface area (Å²) < 4.78 is 1.37. The smallest absolute Gasteiger partial charge is 0.250 e. The van der Waals surface area contributed by atoms with Gasteiger partial charge in [0.25, 0.3) is 5.56 Å². The summed E-state index contributed by atoms with van der Waals surface area (Å²) >= 11 is 0. The average molecular weight is 293 g/mol. The molecule has 3 rings (SSSR count). The summed E-state index contributed by atoms with van der Waals surface area (Å²) in [6.45, 7) is 0.445. The predicted molar refractivity (Wildman–Crippen MR) is 84.3 cm³/mol. The molecule has 0 bridgehead atoms. The number of hydrogen-bond donors (Lipinski definition) is 1. The highest BCUT2D eigenvalue weighted by atomic mass is 16.2. The topological polar surface area (TPSA) is 64.0 Å². The van der Waals surface area contributed by atoms with Crippen LogP contribution in [0.4, 0.5) is 0 Å². The Bertz CT molecular complexity index is 871. The maximum atomic E-state index is 11.9. The molecule has 5 heteroatoms. The quantitative estimate of drug-likeness (QED) is 0.796. The van der Waals surface area contributed by atoms with Gasteiger partial charge in [-0.1, -0.05) is 18.2 Å². The highest BCUT2D eigenvalue weighted by Crippen LogP contribution is 2.12. The van der Waals surface area contributed by atoms with E-state index in [1.165, 1.54) is 10.6 Å². The van der Waals surface area contributed by atoms with E-state index in [2.05, 4.69) is 10.3 Å². The fraction of sp³-hybridized carbons (Fsp3) is 0.118. The molecule has 0 aliphatic carbocycles. The van der Waals surface area contributed by atoms with Gasteiger partial charge in [-0.3, -0.25) is 14.6 Å². The maximum absolute atomic E-state index is 11.9. The summed E-state index contributed by atoms with van der Waals surface area (Å²) in [6.07, 6.45) is 3.35. The van der Waals surface area contributed by atoms with Crippen LogP contribution in [0.2, 0.25) is 0 Å². The fourth-order valence-electron chi connectivity index (χ4n) is 2.24. The molecule has 5 nitrogen and oxygen atoms in total. The minimum Gasteiger partial charge on any atom is -0.350 e. The molecule has 0 saturated carbocycles. The van der Waals surface area contributed by atoms with Crippen molar-refractivity contribution in [3.63, 3.8) is 0 Å². The molecule has 3 aromatic rings. The zero-order chi connectivity index (χ0) is 15.4. The summed E-state index contributed by atoms with van der Waals surface area (Å²) in [5.74, 6) is -0.195. The Labute approximate surface area is 127 Å². The number of aromatic nitrogens is 2. The van der Waals surface area contributed by atoms with E-state index in [9.17, 15) is 9.59 Å². The second-order valence-corrected chi connectivity index (χ2v) is 4.97. The molecule has 0 unspecified atom stereocenters. The molecule has 0 radical (unpaired) electrons. The van der Waals surface area contributed by atoms with Crippen LogP contribution in [-0.2, 0) is 17.9 Å². The second kappa shape index (κ2) is 6.22. The second-order valence-electron chi connectivity index (χ2n) is 4.97. The molecule has 1 N–H and O–H groups in total. The van der Waals surface area contributed by atoms with Gasteiger partial charge in [-0.15, -0.1) is 0 Å². The van der Waals surface area contributed by atoms with Crippen LogP contribution in [0.15, 0.2) is 65.7 Å². The molecular weight excluding hydrogens is 278 g/mol.